The highest BCUT2D eigenvalue weighted by Crippen LogP contribution is 2.38. The van der Waals surface area contributed by atoms with Crippen LogP contribution >= 0.6 is 0 Å². The van der Waals surface area contributed by atoms with E-state index in [0.29, 0.717) is 6.04 Å². The first-order chi connectivity index (χ1) is 10.2. The summed E-state index contributed by atoms with van der Waals surface area (Å²) in [6.07, 6.45) is 7.44. The average Bonchev–Trinajstić information content (AvgIpc) is 2.53. The number of nitriles is 1. The van der Waals surface area contributed by atoms with Gasteiger partial charge in [-0.2, -0.15) is 5.26 Å². The molecule has 110 valence electrons. The highest BCUT2D eigenvalue weighted by atomic mass is 16.6. The van der Waals surface area contributed by atoms with E-state index in [-0.39, 0.29) is 11.3 Å². The van der Waals surface area contributed by atoms with Crippen molar-refractivity contribution in [3.05, 3.63) is 33.9 Å². The molecule has 0 spiro atoms. The van der Waals surface area contributed by atoms with Gasteiger partial charge < -0.3 is 4.90 Å². The van der Waals surface area contributed by atoms with Crippen LogP contribution in [0.1, 0.15) is 44.1 Å². The van der Waals surface area contributed by atoms with Crippen molar-refractivity contribution < 1.29 is 4.92 Å². The van der Waals surface area contributed by atoms with Gasteiger partial charge in [-0.15, -0.1) is 0 Å². The van der Waals surface area contributed by atoms with Gasteiger partial charge in [-0.1, -0.05) is 12.8 Å². The molecule has 1 heterocycles. The molecule has 1 aliphatic carbocycles. The monoisotopic (exact) mass is 285 g/mol. The minimum atomic E-state index is -0.454. The molecule has 1 aromatic carbocycles. The number of nitro groups is 1. The fraction of sp³-hybridized carbons (Fsp3) is 0.562. The van der Waals surface area contributed by atoms with E-state index < -0.39 is 4.92 Å². The molecular formula is C16H19N3O2. The number of nitro benzene ring substituents is 1. The molecule has 0 aromatic heterocycles. The molecule has 0 radical (unpaired) electrons. The van der Waals surface area contributed by atoms with Crippen LogP contribution in [0.15, 0.2) is 18.2 Å². The first kappa shape index (κ1) is 13.9. The van der Waals surface area contributed by atoms with Crippen LogP contribution < -0.4 is 4.90 Å². The van der Waals surface area contributed by atoms with E-state index in [9.17, 15) is 10.1 Å². The second-order valence-corrected chi connectivity index (χ2v) is 6.02. The highest BCUT2D eigenvalue weighted by Gasteiger charge is 2.33. The largest absolute Gasteiger partial charge is 0.368 e. The van der Waals surface area contributed by atoms with Gasteiger partial charge in [0.25, 0.3) is 5.69 Å². The summed E-state index contributed by atoms with van der Waals surface area (Å²) >= 11 is 0. The Labute approximate surface area is 124 Å². The van der Waals surface area contributed by atoms with Crippen LogP contribution in [0.5, 0.6) is 0 Å². The van der Waals surface area contributed by atoms with E-state index in [1.54, 1.807) is 12.1 Å². The van der Waals surface area contributed by atoms with Crippen molar-refractivity contribution >= 4 is 11.4 Å². The fourth-order valence-corrected chi connectivity index (χ4v) is 3.89. The Morgan fingerprint density at radius 1 is 1.24 bits per heavy atom. The molecule has 3 rings (SSSR count). The van der Waals surface area contributed by atoms with Crippen LogP contribution in [0.2, 0.25) is 0 Å². The van der Waals surface area contributed by atoms with Crippen LogP contribution in [0.3, 0.4) is 0 Å². The predicted octanol–water partition coefficient (Wildman–Crippen LogP) is 3.63. The van der Waals surface area contributed by atoms with Gasteiger partial charge in [-0.25, -0.2) is 0 Å². The number of fused-ring (bicyclic) bond motifs is 1. The molecule has 2 atom stereocenters. The van der Waals surface area contributed by atoms with E-state index in [2.05, 4.69) is 4.90 Å². The van der Waals surface area contributed by atoms with Crippen LogP contribution in [-0.2, 0) is 0 Å². The summed E-state index contributed by atoms with van der Waals surface area (Å²) in [5.41, 5.74) is 0.964. The Hall–Kier alpha value is -2.09. The predicted molar refractivity (Wildman–Crippen MR) is 80.1 cm³/mol. The Morgan fingerprint density at radius 3 is 2.76 bits per heavy atom. The number of rotatable bonds is 2. The van der Waals surface area contributed by atoms with Crippen molar-refractivity contribution in [1.29, 1.82) is 5.26 Å². The van der Waals surface area contributed by atoms with Gasteiger partial charge >= 0.3 is 0 Å². The van der Waals surface area contributed by atoms with Crippen molar-refractivity contribution in [2.75, 3.05) is 11.4 Å². The van der Waals surface area contributed by atoms with E-state index in [4.69, 9.17) is 5.26 Å². The molecule has 5 nitrogen and oxygen atoms in total. The number of piperidine rings is 1. The lowest BCUT2D eigenvalue weighted by molar-refractivity contribution is -0.385. The summed E-state index contributed by atoms with van der Waals surface area (Å²) in [5, 5.41) is 20.1. The second-order valence-electron chi connectivity index (χ2n) is 6.02. The Kier molecular flexibility index (Phi) is 3.78. The number of hydrogen-bond donors (Lipinski definition) is 0. The quantitative estimate of drug-likeness (QED) is 0.614. The lowest BCUT2D eigenvalue weighted by Crippen LogP contribution is -2.46. The van der Waals surface area contributed by atoms with E-state index in [0.717, 1.165) is 24.6 Å². The zero-order valence-electron chi connectivity index (χ0n) is 12.0. The third-order valence-electron chi connectivity index (χ3n) is 4.87. The van der Waals surface area contributed by atoms with E-state index in [1.807, 2.05) is 12.1 Å². The van der Waals surface area contributed by atoms with Crippen LogP contribution in [-0.4, -0.2) is 17.5 Å². The van der Waals surface area contributed by atoms with Crippen LogP contribution in [0.4, 0.5) is 11.4 Å². The first-order valence-corrected chi connectivity index (χ1v) is 7.66. The topological polar surface area (TPSA) is 70.2 Å². The lowest BCUT2D eigenvalue weighted by atomic mass is 9.78. The average molecular weight is 285 g/mol. The van der Waals surface area contributed by atoms with Crippen molar-refractivity contribution in [3.8, 4) is 6.07 Å². The molecule has 0 amide bonds. The maximum atomic E-state index is 11.1. The number of nitrogens with zero attached hydrogens (tertiary/aromatic N) is 3. The molecule has 5 heteroatoms. The molecule has 1 aliphatic heterocycles. The summed E-state index contributed by atoms with van der Waals surface area (Å²) in [5.74, 6) is 0.724. The van der Waals surface area contributed by atoms with Crippen molar-refractivity contribution in [3.63, 3.8) is 0 Å². The summed E-state index contributed by atoms with van der Waals surface area (Å²) in [6.45, 7) is 0.963. The molecule has 0 bridgehead atoms. The summed E-state index contributed by atoms with van der Waals surface area (Å²) in [4.78, 5) is 13.0. The van der Waals surface area contributed by atoms with Gasteiger partial charge in [-0.3, -0.25) is 10.1 Å². The number of hydrogen-bond acceptors (Lipinski definition) is 4. The lowest BCUT2D eigenvalue weighted by Gasteiger charge is -2.45. The van der Waals surface area contributed by atoms with Crippen molar-refractivity contribution in [2.24, 2.45) is 5.92 Å². The van der Waals surface area contributed by atoms with Gasteiger partial charge in [0.15, 0.2) is 0 Å². The third-order valence-corrected chi connectivity index (χ3v) is 4.87. The third kappa shape index (κ3) is 2.58. The van der Waals surface area contributed by atoms with Gasteiger partial charge in [-0.05, 0) is 43.7 Å². The molecule has 2 fully saturated rings. The SMILES string of the molecule is N#Cc1ccc(N2CCCC3CCCCC32)cc1[N+](=O)[O-]. The Bertz CT molecular complexity index is 592. The maximum Gasteiger partial charge on any atom is 0.289 e. The minimum absolute atomic E-state index is 0.0760. The van der Waals surface area contributed by atoms with Crippen LogP contribution in [0.25, 0.3) is 0 Å². The Morgan fingerprint density at radius 2 is 2.00 bits per heavy atom. The minimum Gasteiger partial charge on any atom is -0.368 e. The molecule has 2 aliphatic rings. The van der Waals surface area contributed by atoms with Crippen molar-refractivity contribution in [2.45, 2.75) is 44.6 Å². The van der Waals surface area contributed by atoms with E-state index >= 15 is 0 Å². The molecule has 1 saturated carbocycles. The molecule has 0 N–H and O–H groups in total. The van der Waals surface area contributed by atoms with E-state index in [1.165, 1.54) is 32.1 Å². The fourth-order valence-electron chi connectivity index (χ4n) is 3.89. The van der Waals surface area contributed by atoms with Gasteiger partial charge in [0, 0.05) is 24.3 Å². The Balaban J connectivity index is 1.94. The van der Waals surface area contributed by atoms with Gasteiger partial charge in [0.1, 0.15) is 11.6 Å². The zero-order valence-corrected chi connectivity index (χ0v) is 12.0. The second kappa shape index (κ2) is 5.72. The van der Waals surface area contributed by atoms with Gasteiger partial charge in [0.2, 0.25) is 0 Å². The maximum absolute atomic E-state index is 11.1. The molecule has 2 unspecified atom stereocenters. The molecule has 21 heavy (non-hydrogen) atoms. The van der Waals surface area contributed by atoms with Crippen LogP contribution in [0, 0.1) is 27.4 Å². The first-order valence-electron chi connectivity index (χ1n) is 7.66. The smallest absolute Gasteiger partial charge is 0.289 e. The zero-order chi connectivity index (χ0) is 14.8. The summed E-state index contributed by atoms with van der Waals surface area (Å²) < 4.78 is 0. The highest BCUT2D eigenvalue weighted by molar-refractivity contribution is 5.61. The van der Waals surface area contributed by atoms with Gasteiger partial charge in [0.05, 0.1) is 4.92 Å². The standard InChI is InChI=1S/C16H19N3O2/c17-11-13-7-8-14(10-16(13)19(20)21)18-9-3-5-12-4-1-2-6-15(12)18/h7-8,10,12,15H,1-6,9H2. The summed E-state index contributed by atoms with van der Waals surface area (Å²) in [7, 11) is 0. The molecular weight excluding hydrogens is 266 g/mol. The van der Waals surface area contributed by atoms with Crippen molar-refractivity contribution in [1.82, 2.24) is 0 Å². The normalized spacial score (nSPS) is 25.0. The number of anilines is 1. The molecule has 1 aromatic rings. The molecule has 1 saturated heterocycles. The number of benzene rings is 1. The summed E-state index contributed by atoms with van der Waals surface area (Å²) in [6, 6.07) is 7.44.